The number of nitrogens with zero attached hydrogens (tertiary/aromatic N) is 5. The molecular weight excluding hydrogens is 478 g/mol. The van der Waals surface area contributed by atoms with Crippen molar-refractivity contribution >= 4 is 21.9 Å². The molecule has 0 amide bonds. The largest absolute Gasteiger partial charge is 0.262 e. The number of rotatable bonds is 3. The predicted molar refractivity (Wildman–Crippen MR) is 154 cm³/mol. The van der Waals surface area contributed by atoms with E-state index in [0.29, 0.717) is 29.4 Å². The molecule has 3 bridgehead atoms. The zero-order chi connectivity index (χ0) is 25.5. The summed E-state index contributed by atoms with van der Waals surface area (Å²) >= 11 is 0. The lowest BCUT2D eigenvalue weighted by Crippen LogP contribution is -2.23. The average molecular weight is 506 g/mol. The van der Waals surface area contributed by atoms with Gasteiger partial charge < -0.3 is 0 Å². The highest BCUT2D eigenvalue weighted by Gasteiger charge is 2.48. The standard InChI is InChI=1S/C34H27N5/c1-3-9-21(10-4-1)31-36-32(22-11-5-2-6-12-22)38-34(37-31)39-28-14-8-7-13-25(28)30-29-24-16-20-15-23(18-24)26(17-20)27(29)19-35-33(30)39/h1-14,19-20,23-24,26H,15-18H2. The van der Waals surface area contributed by atoms with E-state index in [1.54, 1.807) is 5.56 Å². The average Bonchev–Trinajstić information content (AvgIpc) is 3.46. The normalized spacial score (nSPS) is 23.0. The quantitative estimate of drug-likeness (QED) is 0.247. The Bertz CT molecular complexity index is 1830. The van der Waals surface area contributed by atoms with Crippen LogP contribution in [0.4, 0.5) is 0 Å². The molecule has 0 spiro atoms. The van der Waals surface area contributed by atoms with Crippen molar-refractivity contribution in [1.29, 1.82) is 0 Å². The van der Waals surface area contributed by atoms with E-state index in [0.717, 1.165) is 34.1 Å². The Morgan fingerprint density at radius 3 is 2.10 bits per heavy atom. The van der Waals surface area contributed by atoms with E-state index in [4.69, 9.17) is 19.9 Å². The second-order valence-electron chi connectivity index (χ2n) is 11.6. The van der Waals surface area contributed by atoms with Crippen molar-refractivity contribution in [2.45, 2.75) is 37.5 Å². The van der Waals surface area contributed by atoms with E-state index in [1.165, 1.54) is 42.0 Å². The molecule has 0 saturated heterocycles. The summed E-state index contributed by atoms with van der Waals surface area (Å²) in [5.74, 6) is 4.97. The smallest absolute Gasteiger partial charge is 0.240 e. The Balaban J connectivity index is 1.35. The van der Waals surface area contributed by atoms with Crippen molar-refractivity contribution in [3.63, 3.8) is 0 Å². The zero-order valence-electron chi connectivity index (χ0n) is 21.5. The van der Waals surface area contributed by atoms with Gasteiger partial charge in [-0.05, 0) is 66.5 Å². The van der Waals surface area contributed by atoms with Gasteiger partial charge in [-0.1, -0.05) is 78.9 Å². The summed E-state index contributed by atoms with van der Waals surface area (Å²) in [7, 11) is 0. The highest BCUT2D eigenvalue weighted by molar-refractivity contribution is 6.10. The van der Waals surface area contributed by atoms with E-state index in [-0.39, 0.29) is 0 Å². The van der Waals surface area contributed by atoms with E-state index < -0.39 is 0 Å². The first-order valence-corrected chi connectivity index (χ1v) is 14.1. The van der Waals surface area contributed by atoms with Gasteiger partial charge in [0.2, 0.25) is 5.95 Å². The lowest BCUT2D eigenvalue weighted by Gasteiger charge is -2.36. The van der Waals surface area contributed by atoms with Crippen molar-refractivity contribution < 1.29 is 0 Å². The third-order valence-electron chi connectivity index (χ3n) is 9.45. The van der Waals surface area contributed by atoms with Crippen LogP contribution >= 0.6 is 0 Å². The molecule has 3 aromatic heterocycles. The number of aromatic nitrogens is 5. The Labute approximate surface area is 226 Å². The predicted octanol–water partition coefficient (Wildman–Crippen LogP) is 7.70. The molecule has 0 radical (unpaired) electrons. The molecule has 3 aliphatic carbocycles. The number of benzene rings is 3. The van der Waals surface area contributed by atoms with Crippen molar-refractivity contribution in [3.8, 4) is 28.7 Å². The van der Waals surface area contributed by atoms with Crippen LogP contribution < -0.4 is 0 Å². The molecule has 2 fully saturated rings. The number of pyridine rings is 1. The van der Waals surface area contributed by atoms with Crippen LogP contribution in [0.25, 0.3) is 50.7 Å². The molecule has 3 aromatic carbocycles. The fourth-order valence-electron chi connectivity index (χ4n) is 7.97. The van der Waals surface area contributed by atoms with Gasteiger partial charge in [0.05, 0.1) is 5.52 Å². The second-order valence-corrected chi connectivity index (χ2v) is 11.6. The van der Waals surface area contributed by atoms with Gasteiger partial charge in [-0.2, -0.15) is 9.97 Å². The van der Waals surface area contributed by atoms with Crippen LogP contribution in [0, 0.1) is 11.8 Å². The van der Waals surface area contributed by atoms with Crippen molar-refractivity contribution in [2.24, 2.45) is 11.8 Å². The van der Waals surface area contributed by atoms with Gasteiger partial charge in [0.25, 0.3) is 0 Å². The van der Waals surface area contributed by atoms with Crippen molar-refractivity contribution in [2.75, 3.05) is 0 Å². The Morgan fingerprint density at radius 2 is 1.36 bits per heavy atom. The number of para-hydroxylation sites is 1. The van der Waals surface area contributed by atoms with Crippen LogP contribution in [0.2, 0.25) is 0 Å². The molecule has 3 heterocycles. The molecule has 188 valence electrons. The van der Waals surface area contributed by atoms with Gasteiger partial charge in [-0.25, -0.2) is 9.97 Å². The van der Waals surface area contributed by atoms with E-state index in [1.807, 2.05) is 36.4 Å². The Hall–Kier alpha value is -4.38. The van der Waals surface area contributed by atoms with Gasteiger partial charge in [0, 0.05) is 28.1 Å². The molecule has 4 atom stereocenters. The number of fused-ring (bicyclic) bond motifs is 9. The van der Waals surface area contributed by atoms with Crippen LogP contribution in [-0.2, 0) is 0 Å². The lowest BCUT2D eigenvalue weighted by molar-refractivity contribution is 0.298. The Kier molecular flexibility index (Phi) is 4.45. The molecule has 0 aliphatic heterocycles. The van der Waals surface area contributed by atoms with Gasteiger partial charge >= 0.3 is 0 Å². The van der Waals surface area contributed by atoms with Crippen LogP contribution in [-0.4, -0.2) is 24.5 Å². The Morgan fingerprint density at radius 1 is 0.667 bits per heavy atom. The maximum Gasteiger partial charge on any atom is 0.240 e. The molecule has 6 aromatic rings. The highest BCUT2D eigenvalue weighted by Crippen LogP contribution is 2.61. The topological polar surface area (TPSA) is 56.5 Å². The fourth-order valence-corrected chi connectivity index (χ4v) is 7.97. The molecule has 3 aliphatic rings. The highest BCUT2D eigenvalue weighted by atomic mass is 15.2. The first-order chi connectivity index (χ1) is 19.3. The molecule has 9 rings (SSSR count). The minimum absolute atomic E-state index is 0.614. The summed E-state index contributed by atoms with van der Waals surface area (Å²) < 4.78 is 2.17. The first kappa shape index (κ1) is 21.5. The van der Waals surface area contributed by atoms with E-state index >= 15 is 0 Å². The van der Waals surface area contributed by atoms with E-state index in [2.05, 4.69) is 59.3 Å². The molecule has 5 heteroatoms. The third-order valence-corrected chi connectivity index (χ3v) is 9.45. The summed E-state index contributed by atoms with van der Waals surface area (Å²) in [6.07, 6.45) is 7.60. The van der Waals surface area contributed by atoms with Gasteiger partial charge in [-0.15, -0.1) is 0 Å². The van der Waals surface area contributed by atoms with Crippen LogP contribution in [0.3, 0.4) is 0 Å². The molecule has 39 heavy (non-hydrogen) atoms. The minimum Gasteiger partial charge on any atom is -0.262 e. The zero-order valence-corrected chi connectivity index (χ0v) is 21.5. The van der Waals surface area contributed by atoms with Gasteiger partial charge in [0.15, 0.2) is 11.6 Å². The van der Waals surface area contributed by atoms with Crippen molar-refractivity contribution in [3.05, 3.63) is 102 Å². The molecule has 5 nitrogen and oxygen atoms in total. The van der Waals surface area contributed by atoms with Crippen molar-refractivity contribution in [1.82, 2.24) is 24.5 Å². The van der Waals surface area contributed by atoms with Crippen LogP contribution in [0.5, 0.6) is 0 Å². The summed E-state index contributed by atoms with van der Waals surface area (Å²) in [6, 6.07) is 29.1. The summed E-state index contributed by atoms with van der Waals surface area (Å²) in [5.41, 5.74) is 7.06. The monoisotopic (exact) mass is 505 g/mol. The van der Waals surface area contributed by atoms with E-state index in [9.17, 15) is 0 Å². The third kappa shape index (κ3) is 3.13. The lowest BCUT2D eigenvalue weighted by atomic mass is 9.68. The fraction of sp³-hybridized carbons (Fsp3) is 0.235. The first-order valence-electron chi connectivity index (χ1n) is 14.1. The molecule has 2 saturated carbocycles. The number of hydrogen-bond acceptors (Lipinski definition) is 4. The van der Waals surface area contributed by atoms with Crippen LogP contribution in [0.15, 0.2) is 91.1 Å². The maximum atomic E-state index is 5.19. The molecule has 4 unspecified atom stereocenters. The van der Waals surface area contributed by atoms with Gasteiger partial charge in [-0.3, -0.25) is 4.57 Å². The molecule has 0 N–H and O–H groups in total. The molecular formula is C34H27N5. The minimum atomic E-state index is 0.614. The SMILES string of the molecule is c1ccc(-c2nc(-c3ccccc3)nc(-n3c4ccccc4c4c5c(cnc43)C3CC4CC5CC3C4)n2)cc1. The summed E-state index contributed by atoms with van der Waals surface area (Å²) in [4.78, 5) is 20.2. The maximum absolute atomic E-state index is 5.19. The number of hydrogen-bond donors (Lipinski definition) is 0. The van der Waals surface area contributed by atoms with Gasteiger partial charge in [0.1, 0.15) is 5.65 Å². The summed E-state index contributed by atoms with van der Waals surface area (Å²) in [5, 5.41) is 2.56. The summed E-state index contributed by atoms with van der Waals surface area (Å²) in [6.45, 7) is 0. The second kappa shape index (κ2) is 8.06. The van der Waals surface area contributed by atoms with Crippen LogP contribution in [0.1, 0.15) is 48.6 Å².